The highest BCUT2D eigenvalue weighted by Crippen LogP contribution is 2.42. The Labute approximate surface area is 164 Å². The van der Waals surface area contributed by atoms with Gasteiger partial charge < -0.3 is 35.1 Å². The molecule has 30 heavy (non-hydrogen) atoms. The summed E-state index contributed by atoms with van der Waals surface area (Å²) in [5, 5.41) is 58.1. The maximum Gasteiger partial charge on any atom is 0.417 e. The van der Waals surface area contributed by atoms with Crippen LogP contribution in [-0.4, -0.2) is 47.3 Å². The van der Waals surface area contributed by atoms with Crippen LogP contribution in [0.3, 0.4) is 0 Å². The van der Waals surface area contributed by atoms with E-state index in [1.807, 2.05) is 0 Å². The summed E-state index contributed by atoms with van der Waals surface area (Å²) in [7, 11) is 0. The van der Waals surface area contributed by atoms with Crippen LogP contribution in [-0.2, 0) is 0 Å². The molecule has 0 saturated carbocycles. The quantitative estimate of drug-likeness (QED) is 0.210. The topological polar surface area (TPSA) is 191 Å². The molecule has 0 aliphatic heterocycles. The molecule has 0 radical (unpaired) electrons. The number of fused-ring (bicyclic) bond motifs is 3. The number of aromatic nitrogens is 1. The summed E-state index contributed by atoms with van der Waals surface area (Å²) in [6, 6.07) is 5.16. The van der Waals surface area contributed by atoms with Gasteiger partial charge in [0.1, 0.15) is 16.8 Å². The Balaban J connectivity index is 2.37. The first-order chi connectivity index (χ1) is 14.1. The number of nitrogens with zero attached hydrogens (tertiary/aromatic N) is 1. The third kappa shape index (κ3) is 2.49. The monoisotopic (exact) mass is 413 g/mol. The molecule has 6 N–H and O–H groups in total. The Morgan fingerprint density at radius 3 is 2.10 bits per heavy atom. The SMILES string of the molecule is O=C(O)c1c(-c2ccc(O)c(O)c2)c2c3cc(O)c(O)cc3oc(=O)c2n1C(=O)O. The van der Waals surface area contributed by atoms with E-state index < -0.39 is 51.9 Å². The van der Waals surface area contributed by atoms with E-state index in [1.165, 1.54) is 6.07 Å². The fraction of sp³-hybridized carbons (Fsp3) is 0. The number of benzene rings is 2. The van der Waals surface area contributed by atoms with Gasteiger partial charge in [0.2, 0.25) is 0 Å². The van der Waals surface area contributed by atoms with Crippen LogP contribution < -0.4 is 5.63 Å². The summed E-state index contributed by atoms with van der Waals surface area (Å²) in [6.07, 6.45) is -1.79. The van der Waals surface area contributed by atoms with Crippen molar-refractivity contribution in [3.63, 3.8) is 0 Å². The van der Waals surface area contributed by atoms with Crippen molar-refractivity contribution in [1.29, 1.82) is 0 Å². The molecule has 4 rings (SSSR count). The number of aromatic hydroxyl groups is 4. The van der Waals surface area contributed by atoms with Gasteiger partial charge in [-0.3, -0.25) is 0 Å². The molecule has 0 aliphatic carbocycles. The van der Waals surface area contributed by atoms with Crippen molar-refractivity contribution < 1.29 is 44.6 Å². The predicted molar refractivity (Wildman–Crippen MR) is 100 cm³/mol. The molecular weight excluding hydrogens is 402 g/mol. The highest BCUT2D eigenvalue weighted by Gasteiger charge is 2.31. The molecular formula is C19H11NO10. The molecule has 0 saturated heterocycles. The molecule has 0 unspecified atom stereocenters. The van der Waals surface area contributed by atoms with Crippen LogP contribution in [0.1, 0.15) is 10.5 Å². The lowest BCUT2D eigenvalue weighted by Crippen LogP contribution is -2.19. The lowest BCUT2D eigenvalue weighted by Gasteiger charge is -2.07. The average Bonchev–Trinajstić information content (AvgIpc) is 3.03. The van der Waals surface area contributed by atoms with E-state index in [9.17, 15) is 45.0 Å². The molecule has 2 heterocycles. The Kier molecular flexibility index (Phi) is 3.84. The third-order valence-electron chi connectivity index (χ3n) is 4.57. The van der Waals surface area contributed by atoms with Crippen LogP contribution in [0.15, 0.2) is 39.5 Å². The van der Waals surface area contributed by atoms with Gasteiger partial charge in [-0.15, -0.1) is 0 Å². The highest BCUT2D eigenvalue weighted by molar-refractivity contribution is 6.19. The molecule has 11 nitrogen and oxygen atoms in total. The van der Waals surface area contributed by atoms with E-state index >= 15 is 0 Å². The molecule has 0 atom stereocenters. The van der Waals surface area contributed by atoms with Crippen LogP contribution in [0, 0.1) is 0 Å². The second-order valence-corrected chi connectivity index (χ2v) is 6.30. The van der Waals surface area contributed by atoms with Gasteiger partial charge in [-0.2, -0.15) is 0 Å². The number of rotatable bonds is 2. The Hall–Kier alpha value is -4.67. The van der Waals surface area contributed by atoms with Gasteiger partial charge in [-0.1, -0.05) is 6.07 Å². The minimum atomic E-state index is -1.79. The lowest BCUT2D eigenvalue weighted by atomic mass is 9.99. The molecule has 152 valence electrons. The maximum absolute atomic E-state index is 12.6. The van der Waals surface area contributed by atoms with Crippen LogP contribution in [0.25, 0.3) is 33.0 Å². The number of hydrogen-bond acceptors (Lipinski definition) is 8. The number of phenols is 4. The summed E-state index contributed by atoms with van der Waals surface area (Å²) in [6.45, 7) is 0. The Morgan fingerprint density at radius 2 is 1.50 bits per heavy atom. The maximum atomic E-state index is 12.6. The van der Waals surface area contributed by atoms with Gasteiger partial charge >= 0.3 is 17.7 Å². The summed E-state index contributed by atoms with van der Waals surface area (Å²) in [5.41, 5.74) is -3.23. The highest BCUT2D eigenvalue weighted by atomic mass is 16.4. The van der Waals surface area contributed by atoms with Crippen LogP contribution in [0.5, 0.6) is 23.0 Å². The van der Waals surface area contributed by atoms with Crippen LogP contribution in [0.4, 0.5) is 4.79 Å². The molecule has 0 amide bonds. The smallest absolute Gasteiger partial charge is 0.417 e. The zero-order chi connectivity index (χ0) is 21.9. The van der Waals surface area contributed by atoms with Gasteiger partial charge in [-0.05, 0) is 23.8 Å². The fourth-order valence-corrected chi connectivity index (χ4v) is 3.37. The van der Waals surface area contributed by atoms with Crippen molar-refractivity contribution >= 4 is 33.9 Å². The summed E-state index contributed by atoms with van der Waals surface area (Å²) >= 11 is 0. The zero-order valence-electron chi connectivity index (χ0n) is 14.7. The van der Waals surface area contributed by atoms with Gasteiger partial charge in [-0.25, -0.2) is 19.0 Å². The van der Waals surface area contributed by atoms with E-state index in [0.29, 0.717) is 0 Å². The number of carbonyl (C=O) groups is 2. The largest absolute Gasteiger partial charge is 0.504 e. The zero-order valence-corrected chi connectivity index (χ0v) is 14.7. The normalized spacial score (nSPS) is 11.2. The standard InChI is InChI=1S/C19H11NO10/c21-8-2-1-6(3-9(8)22)13-14-7-4-10(23)11(24)5-12(7)30-18(27)16(14)20(19(28)29)15(13)17(25)26/h1-5,21-24H,(H,25,26)(H,28,29). The molecule has 2 aromatic carbocycles. The van der Waals surface area contributed by atoms with E-state index in [4.69, 9.17) is 4.42 Å². The minimum absolute atomic E-state index is 0.0350. The second-order valence-electron chi connectivity index (χ2n) is 6.30. The molecule has 0 bridgehead atoms. The first kappa shape index (κ1) is 18.7. The first-order valence-electron chi connectivity index (χ1n) is 8.18. The second kappa shape index (κ2) is 6.17. The summed E-state index contributed by atoms with van der Waals surface area (Å²) in [5.74, 6) is -4.08. The van der Waals surface area contributed by atoms with Crippen molar-refractivity contribution in [3.05, 3.63) is 46.4 Å². The summed E-state index contributed by atoms with van der Waals surface area (Å²) in [4.78, 5) is 36.4. The lowest BCUT2D eigenvalue weighted by molar-refractivity contribution is 0.0685. The van der Waals surface area contributed by atoms with E-state index in [2.05, 4.69) is 0 Å². The van der Waals surface area contributed by atoms with E-state index in [-0.39, 0.29) is 32.0 Å². The van der Waals surface area contributed by atoms with Crippen molar-refractivity contribution in [3.8, 4) is 34.1 Å². The molecule has 11 heteroatoms. The summed E-state index contributed by atoms with van der Waals surface area (Å²) < 4.78 is 5.26. The predicted octanol–water partition coefficient (Wildman–Crippen LogP) is 2.46. The molecule has 2 aromatic heterocycles. The van der Waals surface area contributed by atoms with Gasteiger partial charge in [0.15, 0.2) is 23.0 Å². The van der Waals surface area contributed by atoms with Crippen LogP contribution >= 0.6 is 0 Å². The van der Waals surface area contributed by atoms with Gasteiger partial charge in [0.05, 0.1) is 0 Å². The average molecular weight is 413 g/mol. The van der Waals surface area contributed by atoms with Gasteiger partial charge in [0, 0.05) is 22.4 Å². The van der Waals surface area contributed by atoms with Crippen molar-refractivity contribution in [2.75, 3.05) is 0 Å². The Bertz CT molecular complexity index is 1460. The van der Waals surface area contributed by atoms with Gasteiger partial charge in [0.25, 0.3) is 0 Å². The third-order valence-corrected chi connectivity index (χ3v) is 4.57. The molecule has 0 spiro atoms. The number of carboxylic acid groups (broad SMARTS) is 2. The fourth-order valence-electron chi connectivity index (χ4n) is 3.37. The van der Waals surface area contributed by atoms with Crippen LogP contribution in [0.2, 0.25) is 0 Å². The van der Waals surface area contributed by atoms with Crippen molar-refractivity contribution in [1.82, 2.24) is 4.57 Å². The molecule has 4 aromatic rings. The van der Waals surface area contributed by atoms with Crippen molar-refractivity contribution in [2.24, 2.45) is 0 Å². The van der Waals surface area contributed by atoms with E-state index in [0.717, 1.165) is 24.3 Å². The number of carboxylic acids is 1. The molecule has 0 fully saturated rings. The van der Waals surface area contributed by atoms with Crippen molar-refractivity contribution in [2.45, 2.75) is 0 Å². The van der Waals surface area contributed by atoms with E-state index in [1.54, 1.807) is 0 Å². The first-order valence-corrected chi connectivity index (χ1v) is 8.18. The molecule has 0 aliphatic rings. The number of hydrogen-bond donors (Lipinski definition) is 6. The number of aromatic carboxylic acids is 1. The minimum Gasteiger partial charge on any atom is -0.504 e. The number of phenolic OH excluding ortho intramolecular Hbond substituents is 4. The Morgan fingerprint density at radius 1 is 0.867 bits per heavy atom.